The van der Waals surface area contributed by atoms with E-state index in [1.807, 2.05) is 52.7 Å². The molecule has 1 N–H and O–H groups in total. The van der Waals surface area contributed by atoms with Crippen LogP contribution in [0.4, 0.5) is 11.4 Å². The van der Waals surface area contributed by atoms with Crippen molar-refractivity contribution in [2.45, 2.75) is 6.04 Å². The first-order chi connectivity index (χ1) is 17.1. The molecule has 180 valence electrons. The van der Waals surface area contributed by atoms with Crippen LogP contribution in [0.3, 0.4) is 0 Å². The van der Waals surface area contributed by atoms with Crippen molar-refractivity contribution < 1.29 is 19.1 Å². The molecule has 2 aliphatic rings. The quantitative estimate of drug-likeness (QED) is 0.529. The van der Waals surface area contributed by atoms with E-state index < -0.39 is 6.04 Å². The summed E-state index contributed by atoms with van der Waals surface area (Å²) in [7, 11) is 3.15. The van der Waals surface area contributed by atoms with Gasteiger partial charge in [0.2, 0.25) is 0 Å². The van der Waals surface area contributed by atoms with Crippen molar-refractivity contribution in [3.05, 3.63) is 69.9 Å². The normalized spacial score (nSPS) is 17.2. The van der Waals surface area contributed by atoms with Gasteiger partial charge in [-0.2, -0.15) is 0 Å². The fraction of sp³-hybridized carbons (Fsp3) is 0.269. The maximum Gasteiger partial charge on any atom is 0.264 e. The minimum atomic E-state index is -0.671. The summed E-state index contributed by atoms with van der Waals surface area (Å²) in [4.78, 5) is 34.1. The number of benzene rings is 2. The number of rotatable bonds is 6. The summed E-state index contributed by atoms with van der Waals surface area (Å²) in [6, 6.07) is 14.8. The average molecular weight is 491 g/mol. The average Bonchev–Trinajstić information content (AvgIpc) is 3.46. The number of methoxy groups -OCH3 is 2. The van der Waals surface area contributed by atoms with Crippen molar-refractivity contribution in [2.75, 3.05) is 50.6 Å². The van der Waals surface area contributed by atoms with Crippen LogP contribution in [0, 0.1) is 0 Å². The predicted octanol–water partition coefficient (Wildman–Crippen LogP) is 3.84. The number of amidine groups is 1. The maximum absolute atomic E-state index is 12.6. The van der Waals surface area contributed by atoms with Gasteiger partial charge in [-0.3, -0.25) is 9.79 Å². The van der Waals surface area contributed by atoms with Crippen LogP contribution in [0.25, 0.3) is 0 Å². The zero-order valence-corrected chi connectivity index (χ0v) is 20.4. The number of carbonyl (C=O) groups excluding carboxylic acids is 2. The third kappa shape index (κ3) is 4.46. The smallest absolute Gasteiger partial charge is 0.264 e. The Hall–Kier alpha value is -3.85. The predicted molar refractivity (Wildman–Crippen MR) is 137 cm³/mol. The third-order valence-electron chi connectivity index (χ3n) is 6.32. The molecule has 0 bridgehead atoms. The number of nitrogens with zero attached hydrogens (tertiary/aromatic N) is 3. The van der Waals surface area contributed by atoms with E-state index in [0.29, 0.717) is 36.0 Å². The minimum Gasteiger partial charge on any atom is -0.497 e. The zero-order chi connectivity index (χ0) is 24.4. The minimum absolute atomic E-state index is 0.106. The van der Waals surface area contributed by atoms with Crippen molar-refractivity contribution in [3.63, 3.8) is 0 Å². The molecule has 8 nitrogen and oxygen atoms in total. The molecule has 1 atom stereocenters. The van der Waals surface area contributed by atoms with Crippen molar-refractivity contribution >= 4 is 40.7 Å². The molecule has 1 fully saturated rings. The Labute approximate surface area is 207 Å². The number of piperazine rings is 1. The Morgan fingerprint density at radius 1 is 1.09 bits per heavy atom. The van der Waals surface area contributed by atoms with Crippen molar-refractivity contribution in [1.29, 1.82) is 0 Å². The van der Waals surface area contributed by atoms with Gasteiger partial charge in [-0.15, -0.1) is 11.3 Å². The molecule has 1 unspecified atom stereocenters. The van der Waals surface area contributed by atoms with Gasteiger partial charge < -0.3 is 29.4 Å². The number of hydrogen-bond donors (Lipinski definition) is 1. The highest BCUT2D eigenvalue weighted by atomic mass is 32.1. The molecule has 1 amide bonds. The maximum atomic E-state index is 12.6. The Morgan fingerprint density at radius 2 is 1.86 bits per heavy atom. The Balaban J connectivity index is 1.30. The molecular formula is C26H26N4O4S. The van der Waals surface area contributed by atoms with E-state index in [0.717, 1.165) is 41.2 Å². The molecule has 1 saturated heterocycles. The highest BCUT2D eigenvalue weighted by molar-refractivity contribution is 7.12. The van der Waals surface area contributed by atoms with Crippen LogP contribution in [0.1, 0.15) is 26.8 Å². The number of carbonyl (C=O) groups is 2. The first-order valence-electron chi connectivity index (χ1n) is 11.4. The number of hydrogen-bond acceptors (Lipinski definition) is 8. The van der Waals surface area contributed by atoms with Crippen molar-refractivity contribution in [3.8, 4) is 11.5 Å². The molecule has 3 aromatic rings. The lowest BCUT2D eigenvalue weighted by atomic mass is 10.0. The molecule has 9 heteroatoms. The zero-order valence-electron chi connectivity index (χ0n) is 19.6. The van der Waals surface area contributed by atoms with Gasteiger partial charge in [-0.1, -0.05) is 6.07 Å². The molecule has 3 heterocycles. The van der Waals surface area contributed by atoms with Crippen LogP contribution >= 0.6 is 11.3 Å². The molecule has 0 spiro atoms. The Morgan fingerprint density at radius 3 is 2.49 bits per heavy atom. The van der Waals surface area contributed by atoms with E-state index in [4.69, 9.17) is 9.47 Å². The number of anilines is 2. The molecular weight excluding hydrogens is 464 g/mol. The molecule has 1 aromatic heterocycles. The number of aliphatic imine (C=N–C) groups is 1. The number of aldehydes is 1. The number of amides is 1. The number of thiophene rings is 1. The van der Waals surface area contributed by atoms with Crippen LogP contribution in [0.2, 0.25) is 0 Å². The van der Waals surface area contributed by atoms with Crippen LogP contribution < -0.4 is 19.7 Å². The highest BCUT2D eigenvalue weighted by Crippen LogP contribution is 2.40. The van der Waals surface area contributed by atoms with Gasteiger partial charge in [0, 0.05) is 55.1 Å². The lowest BCUT2D eigenvalue weighted by Crippen LogP contribution is -2.48. The molecule has 2 aromatic carbocycles. The second-order valence-electron chi connectivity index (χ2n) is 8.28. The monoisotopic (exact) mass is 490 g/mol. The van der Waals surface area contributed by atoms with E-state index >= 15 is 0 Å². The summed E-state index contributed by atoms with van der Waals surface area (Å²) < 4.78 is 10.9. The largest absolute Gasteiger partial charge is 0.497 e. The summed E-state index contributed by atoms with van der Waals surface area (Å²) in [5.41, 5.74) is 3.39. The van der Waals surface area contributed by atoms with E-state index in [-0.39, 0.29) is 5.91 Å². The van der Waals surface area contributed by atoms with E-state index in [1.165, 1.54) is 11.3 Å². The van der Waals surface area contributed by atoms with Gasteiger partial charge in [0.15, 0.2) is 0 Å². The van der Waals surface area contributed by atoms with E-state index in [1.54, 1.807) is 20.3 Å². The second kappa shape index (κ2) is 9.79. The molecule has 35 heavy (non-hydrogen) atoms. The summed E-state index contributed by atoms with van der Waals surface area (Å²) in [6.45, 7) is 2.92. The van der Waals surface area contributed by atoms with Crippen LogP contribution in [-0.2, 0) is 4.79 Å². The van der Waals surface area contributed by atoms with E-state index in [2.05, 4.69) is 15.2 Å². The topological polar surface area (TPSA) is 83.5 Å². The number of ether oxygens (including phenoxy) is 2. The van der Waals surface area contributed by atoms with Crippen LogP contribution in [0.15, 0.2) is 58.9 Å². The molecule has 0 radical (unpaired) electrons. The van der Waals surface area contributed by atoms with Crippen LogP contribution in [-0.4, -0.2) is 63.3 Å². The van der Waals surface area contributed by atoms with Gasteiger partial charge >= 0.3 is 0 Å². The van der Waals surface area contributed by atoms with Crippen LogP contribution in [0.5, 0.6) is 11.5 Å². The highest BCUT2D eigenvalue weighted by Gasteiger charge is 2.27. The van der Waals surface area contributed by atoms with Gasteiger partial charge in [-0.05, 0) is 35.7 Å². The van der Waals surface area contributed by atoms with Crippen molar-refractivity contribution in [1.82, 2.24) is 4.90 Å². The third-order valence-corrected chi connectivity index (χ3v) is 7.18. The fourth-order valence-electron chi connectivity index (χ4n) is 4.46. The summed E-state index contributed by atoms with van der Waals surface area (Å²) in [6.07, 6.45) is 0.819. The van der Waals surface area contributed by atoms with Gasteiger partial charge in [0.05, 0.1) is 24.8 Å². The Bertz CT molecular complexity index is 1250. The Kier molecular flexibility index (Phi) is 6.41. The second-order valence-corrected chi connectivity index (χ2v) is 9.23. The number of fused-ring (bicyclic) bond motifs is 1. The first-order valence-corrected chi connectivity index (χ1v) is 12.2. The standard InChI is InChI=1S/C26H26N4O4S/c1-33-19-14-20-24(22(15-19)34-2)21(16-31)28-25(27-20)17-5-7-18(8-6-17)29-9-11-30(12-10-29)26(32)23-4-3-13-35-23/h3-8,13-16,21H,9-12H2,1-2H3,(H,27,28). The van der Waals surface area contributed by atoms with Gasteiger partial charge in [0.1, 0.15) is 29.7 Å². The van der Waals surface area contributed by atoms with Gasteiger partial charge in [0.25, 0.3) is 5.91 Å². The SMILES string of the molecule is COc1cc2c(c(OC)c1)C(C=O)N=C(c1ccc(N3CCN(C(=O)c4cccs4)CC3)cc1)N2. The first kappa shape index (κ1) is 22.9. The molecule has 2 aliphatic heterocycles. The van der Waals surface area contributed by atoms with E-state index in [9.17, 15) is 9.59 Å². The summed E-state index contributed by atoms with van der Waals surface area (Å²) in [5, 5.41) is 5.26. The van der Waals surface area contributed by atoms with Gasteiger partial charge in [-0.25, -0.2) is 0 Å². The number of nitrogens with one attached hydrogen (secondary N) is 1. The fourth-order valence-corrected chi connectivity index (χ4v) is 5.15. The summed E-state index contributed by atoms with van der Waals surface area (Å²) in [5.74, 6) is 1.90. The molecule has 5 rings (SSSR count). The van der Waals surface area contributed by atoms with Crippen molar-refractivity contribution in [2.24, 2.45) is 4.99 Å². The molecule has 0 saturated carbocycles. The summed E-state index contributed by atoms with van der Waals surface area (Å²) >= 11 is 1.48. The lowest BCUT2D eigenvalue weighted by molar-refractivity contribution is -0.109. The lowest BCUT2D eigenvalue weighted by Gasteiger charge is -2.36. The molecule has 0 aliphatic carbocycles.